The predicted octanol–water partition coefficient (Wildman–Crippen LogP) is 1.50. The number of carboxylic acids is 1. The number of carboxylic acid groups (broad SMARTS) is 1. The molecular formula is C11H7NO3. The molecule has 2 aromatic rings. The van der Waals surface area contributed by atoms with Crippen molar-refractivity contribution in [2.75, 3.05) is 0 Å². The fourth-order valence-corrected chi connectivity index (χ4v) is 1.34. The minimum atomic E-state index is -1.45. The van der Waals surface area contributed by atoms with Crippen molar-refractivity contribution in [1.29, 1.82) is 0 Å². The van der Waals surface area contributed by atoms with Crippen molar-refractivity contribution in [2.24, 2.45) is 0 Å². The molecule has 0 aliphatic carbocycles. The van der Waals surface area contributed by atoms with E-state index in [0.717, 1.165) is 10.9 Å². The van der Waals surface area contributed by atoms with Crippen LogP contribution in [-0.2, 0) is 4.79 Å². The van der Waals surface area contributed by atoms with Crippen molar-refractivity contribution in [3.8, 4) is 0 Å². The summed E-state index contributed by atoms with van der Waals surface area (Å²) in [7, 11) is 0. The smallest absolute Gasteiger partial charge is 0.377 e. The van der Waals surface area contributed by atoms with E-state index in [1.165, 1.54) is 12.1 Å². The second-order valence-electron chi connectivity index (χ2n) is 3.05. The van der Waals surface area contributed by atoms with Crippen molar-refractivity contribution in [3.63, 3.8) is 0 Å². The zero-order valence-corrected chi connectivity index (χ0v) is 7.68. The van der Waals surface area contributed by atoms with Gasteiger partial charge < -0.3 is 5.11 Å². The van der Waals surface area contributed by atoms with Gasteiger partial charge in [0.1, 0.15) is 0 Å². The summed E-state index contributed by atoms with van der Waals surface area (Å²) in [6, 6.07) is 8.13. The molecule has 15 heavy (non-hydrogen) atoms. The molecule has 1 heterocycles. The number of hydrogen-bond acceptors (Lipinski definition) is 3. The molecule has 0 bridgehead atoms. The summed E-state index contributed by atoms with van der Waals surface area (Å²) in [6.45, 7) is 0. The Labute approximate surface area is 85.2 Å². The highest BCUT2D eigenvalue weighted by Gasteiger charge is 2.14. The first-order chi connectivity index (χ1) is 7.18. The van der Waals surface area contributed by atoms with Crippen LogP contribution in [0, 0.1) is 0 Å². The van der Waals surface area contributed by atoms with Crippen LogP contribution in [-0.4, -0.2) is 21.8 Å². The van der Waals surface area contributed by atoms with Gasteiger partial charge in [0.25, 0.3) is 5.78 Å². The molecule has 0 fully saturated rings. The topological polar surface area (TPSA) is 67.3 Å². The molecule has 4 heteroatoms. The summed E-state index contributed by atoms with van der Waals surface area (Å²) in [6.07, 6.45) is 1.64. The minimum Gasteiger partial charge on any atom is -0.475 e. The zero-order chi connectivity index (χ0) is 10.8. The highest BCUT2D eigenvalue weighted by atomic mass is 16.4. The van der Waals surface area contributed by atoms with Crippen LogP contribution in [0.2, 0.25) is 0 Å². The number of carbonyl (C=O) groups excluding carboxylic acids is 1. The molecule has 0 aliphatic heterocycles. The maximum absolute atomic E-state index is 11.2. The molecule has 2 rings (SSSR count). The Morgan fingerprint density at radius 3 is 2.73 bits per heavy atom. The predicted molar refractivity (Wildman–Crippen MR) is 53.7 cm³/mol. The summed E-state index contributed by atoms with van der Waals surface area (Å²) in [5, 5.41) is 9.30. The van der Waals surface area contributed by atoms with Gasteiger partial charge in [0.15, 0.2) is 0 Å². The van der Waals surface area contributed by atoms with Gasteiger partial charge >= 0.3 is 5.97 Å². The summed E-state index contributed by atoms with van der Waals surface area (Å²) >= 11 is 0. The fraction of sp³-hybridized carbons (Fsp3) is 0. The number of pyridine rings is 1. The van der Waals surface area contributed by atoms with Gasteiger partial charge in [-0.05, 0) is 24.3 Å². The maximum atomic E-state index is 11.2. The lowest BCUT2D eigenvalue weighted by molar-refractivity contribution is -0.131. The number of ketones is 1. The molecule has 0 unspecified atom stereocenters. The first-order valence-electron chi connectivity index (χ1n) is 4.31. The summed E-state index contributed by atoms with van der Waals surface area (Å²) in [5.41, 5.74) is 0.905. The molecule has 1 aromatic heterocycles. The monoisotopic (exact) mass is 201 g/mol. The molecule has 74 valence electrons. The Balaban J connectivity index is 2.56. The molecule has 4 nitrogen and oxygen atoms in total. The van der Waals surface area contributed by atoms with Crippen molar-refractivity contribution in [1.82, 2.24) is 4.98 Å². The SMILES string of the molecule is O=C(O)C(=O)c1ccc2ncccc2c1. The average Bonchev–Trinajstić information content (AvgIpc) is 2.27. The molecule has 0 spiro atoms. The standard InChI is InChI=1S/C11H7NO3/c13-10(11(14)15)8-3-4-9-7(6-8)2-1-5-12-9/h1-6H,(H,14,15). The number of aromatic nitrogens is 1. The van der Waals surface area contributed by atoms with Crippen molar-refractivity contribution in [2.45, 2.75) is 0 Å². The third-order valence-corrected chi connectivity index (χ3v) is 2.06. The van der Waals surface area contributed by atoms with Crippen LogP contribution in [0.15, 0.2) is 36.5 Å². The fourth-order valence-electron chi connectivity index (χ4n) is 1.34. The number of fused-ring (bicyclic) bond motifs is 1. The van der Waals surface area contributed by atoms with Crippen LogP contribution < -0.4 is 0 Å². The van der Waals surface area contributed by atoms with E-state index in [1.54, 1.807) is 24.4 Å². The van der Waals surface area contributed by atoms with Crippen LogP contribution in [0.4, 0.5) is 0 Å². The third-order valence-electron chi connectivity index (χ3n) is 2.06. The lowest BCUT2D eigenvalue weighted by Gasteiger charge is -1.98. The van der Waals surface area contributed by atoms with E-state index in [0.29, 0.717) is 0 Å². The Bertz CT molecular complexity index is 548. The van der Waals surface area contributed by atoms with E-state index in [-0.39, 0.29) is 5.56 Å². The summed E-state index contributed by atoms with van der Waals surface area (Å²) in [4.78, 5) is 25.7. The Morgan fingerprint density at radius 1 is 1.20 bits per heavy atom. The van der Waals surface area contributed by atoms with Crippen LogP contribution in [0.1, 0.15) is 10.4 Å². The lowest BCUT2D eigenvalue weighted by Crippen LogP contribution is -2.12. The normalized spacial score (nSPS) is 10.1. The van der Waals surface area contributed by atoms with Crippen LogP contribution >= 0.6 is 0 Å². The highest BCUT2D eigenvalue weighted by Crippen LogP contribution is 2.13. The van der Waals surface area contributed by atoms with Crippen LogP contribution in [0.25, 0.3) is 10.9 Å². The molecule has 0 saturated carbocycles. The molecule has 1 aromatic carbocycles. The van der Waals surface area contributed by atoms with Crippen LogP contribution in [0.5, 0.6) is 0 Å². The molecule has 0 amide bonds. The van der Waals surface area contributed by atoms with Crippen molar-refractivity contribution >= 4 is 22.7 Å². The largest absolute Gasteiger partial charge is 0.475 e. The van der Waals surface area contributed by atoms with Gasteiger partial charge in [0.05, 0.1) is 5.52 Å². The molecule has 0 radical (unpaired) electrons. The maximum Gasteiger partial charge on any atom is 0.377 e. The lowest BCUT2D eigenvalue weighted by atomic mass is 10.1. The molecule has 0 atom stereocenters. The number of benzene rings is 1. The Hall–Kier alpha value is -2.23. The number of nitrogens with zero attached hydrogens (tertiary/aromatic N) is 1. The summed E-state index contributed by atoms with van der Waals surface area (Å²) < 4.78 is 0. The minimum absolute atomic E-state index is 0.169. The van der Waals surface area contributed by atoms with Crippen LogP contribution in [0.3, 0.4) is 0 Å². The van der Waals surface area contributed by atoms with Crippen molar-refractivity contribution in [3.05, 3.63) is 42.1 Å². The van der Waals surface area contributed by atoms with E-state index in [1.807, 2.05) is 0 Å². The quantitative estimate of drug-likeness (QED) is 0.590. The second kappa shape index (κ2) is 3.49. The van der Waals surface area contributed by atoms with Crippen molar-refractivity contribution < 1.29 is 14.7 Å². The molecule has 0 aliphatic rings. The van der Waals surface area contributed by atoms with Gasteiger partial charge in [-0.25, -0.2) is 4.79 Å². The Kier molecular flexibility index (Phi) is 2.17. The highest BCUT2D eigenvalue weighted by molar-refractivity contribution is 6.40. The van der Waals surface area contributed by atoms with Gasteiger partial charge in [-0.2, -0.15) is 0 Å². The molecule has 1 N–H and O–H groups in total. The second-order valence-corrected chi connectivity index (χ2v) is 3.05. The first kappa shape index (κ1) is 9.33. The van der Waals surface area contributed by atoms with E-state index >= 15 is 0 Å². The van der Waals surface area contributed by atoms with Gasteiger partial charge in [0.2, 0.25) is 0 Å². The number of rotatable bonds is 2. The van der Waals surface area contributed by atoms with Gasteiger partial charge in [-0.1, -0.05) is 6.07 Å². The number of carbonyl (C=O) groups is 2. The van der Waals surface area contributed by atoms with Gasteiger partial charge in [0, 0.05) is 17.1 Å². The number of hydrogen-bond donors (Lipinski definition) is 1. The third kappa shape index (κ3) is 1.69. The zero-order valence-electron chi connectivity index (χ0n) is 7.68. The van der Waals surface area contributed by atoms with E-state index < -0.39 is 11.8 Å². The number of aliphatic carboxylic acids is 1. The van der Waals surface area contributed by atoms with Gasteiger partial charge in [-0.3, -0.25) is 9.78 Å². The first-order valence-corrected chi connectivity index (χ1v) is 4.31. The molecule has 0 saturated heterocycles. The van der Waals surface area contributed by atoms with Gasteiger partial charge in [-0.15, -0.1) is 0 Å². The van der Waals surface area contributed by atoms with E-state index in [9.17, 15) is 9.59 Å². The average molecular weight is 201 g/mol. The Morgan fingerprint density at radius 2 is 2.00 bits per heavy atom. The number of Topliss-reactive ketones (excluding diaryl/α,β-unsaturated/α-hetero) is 1. The van der Waals surface area contributed by atoms with E-state index in [2.05, 4.69) is 4.98 Å². The van der Waals surface area contributed by atoms with E-state index in [4.69, 9.17) is 5.11 Å². The molecular weight excluding hydrogens is 194 g/mol. The summed E-state index contributed by atoms with van der Waals surface area (Å²) in [5.74, 6) is -2.35.